The van der Waals surface area contributed by atoms with Crippen LogP contribution in [-0.2, 0) is 0 Å². The van der Waals surface area contributed by atoms with Gasteiger partial charge in [-0.1, -0.05) is 24.3 Å². The summed E-state index contributed by atoms with van der Waals surface area (Å²) in [5, 5.41) is 18.1. The molecule has 4 rings (SSSR count). The third-order valence-electron chi connectivity index (χ3n) is 3.60. The minimum Gasteiger partial charge on any atom is -0.478 e. The van der Waals surface area contributed by atoms with E-state index in [0.29, 0.717) is 11.5 Å². The highest BCUT2D eigenvalue weighted by Gasteiger charge is 2.15. The van der Waals surface area contributed by atoms with Gasteiger partial charge in [-0.3, -0.25) is 0 Å². The van der Waals surface area contributed by atoms with Crippen molar-refractivity contribution >= 4 is 16.9 Å². The van der Waals surface area contributed by atoms with E-state index >= 15 is 0 Å². The summed E-state index contributed by atoms with van der Waals surface area (Å²) < 4.78 is 5.72. The number of aromatic nitrogens is 3. The molecule has 0 bridgehead atoms. The Morgan fingerprint density at radius 3 is 2.74 bits per heavy atom. The molecule has 2 aromatic heterocycles. The van der Waals surface area contributed by atoms with Gasteiger partial charge >= 0.3 is 5.97 Å². The van der Waals surface area contributed by atoms with Gasteiger partial charge in [0.1, 0.15) is 0 Å². The van der Waals surface area contributed by atoms with Gasteiger partial charge in [0.2, 0.25) is 11.8 Å². The highest BCUT2D eigenvalue weighted by Crippen LogP contribution is 2.29. The molecule has 0 saturated heterocycles. The number of carboxylic acid groups (broad SMARTS) is 1. The zero-order valence-electron chi connectivity index (χ0n) is 11.9. The molecular formula is C17H11N3O3. The number of aromatic carboxylic acids is 1. The number of hydrogen-bond donors (Lipinski definition) is 2. The summed E-state index contributed by atoms with van der Waals surface area (Å²) in [4.78, 5) is 14.2. The van der Waals surface area contributed by atoms with Gasteiger partial charge in [-0.25, -0.2) is 4.79 Å². The number of H-pyrrole nitrogens is 1. The number of carbonyl (C=O) groups is 1. The fraction of sp³-hybridized carbons (Fsp3) is 0. The number of benzene rings is 2. The molecule has 0 unspecified atom stereocenters. The third kappa shape index (κ3) is 2.26. The second kappa shape index (κ2) is 5.10. The molecule has 4 aromatic rings. The molecule has 2 aromatic carbocycles. The second-order valence-corrected chi connectivity index (χ2v) is 5.05. The molecule has 2 heterocycles. The zero-order chi connectivity index (χ0) is 15.8. The van der Waals surface area contributed by atoms with E-state index in [0.717, 1.165) is 16.5 Å². The quantitative estimate of drug-likeness (QED) is 0.603. The summed E-state index contributed by atoms with van der Waals surface area (Å²) in [6.07, 6.45) is 1.82. The highest BCUT2D eigenvalue weighted by atomic mass is 16.4. The van der Waals surface area contributed by atoms with Crippen LogP contribution in [0.2, 0.25) is 0 Å². The molecule has 0 aliphatic heterocycles. The first-order valence-corrected chi connectivity index (χ1v) is 6.96. The molecule has 0 aliphatic carbocycles. The Hall–Kier alpha value is -3.41. The van der Waals surface area contributed by atoms with Crippen LogP contribution >= 0.6 is 0 Å². The molecular weight excluding hydrogens is 294 g/mol. The van der Waals surface area contributed by atoms with Crippen LogP contribution in [0.15, 0.2) is 59.1 Å². The number of hydrogen-bond acceptors (Lipinski definition) is 4. The highest BCUT2D eigenvalue weighted by molar-refractivity contribution is 5.93. The molecule has 0 radical (unpaired) electrons. The van der Waals surface area contributed by atoms with E-state index in [9.17, 15) is 4.79 Å². The number of nitrogens with one attached hydrogen (secondary N) is 1. The van der Waals surface area contributed by atoms with E-state index in [1.165, 1.54) is 12.1 Å². The van der Waals surface area contributed by atoms with Crippen molar-refractivity contribution in [3.05, 3.63) is 60.3 Å². The lowest BCUT2D eigenvalue weighted by atomic mass is 10.1. The molecule has 0 atom stereocenters. The Bertz CT molecular complexity index is 1020. The molecule has 2 N–H and O–H groups in total. The van der Waals surface area contributed by atoms with Crippen LogP contribution in [0.5, 0.6) is 0 Å². The monoisotopic (exact) mass is 305 g/mol. The smallest absolute Gasteiger partial charge is 0.335 e. The molecule has 23 heavy (non-hydrogen) atoms. The maximum absolute atomic E-state index is 11.1. The first-order valence-electron chi connectivity index (χ1n) is 6.96. The first-order chi connectivity index (χ1) is 11.2. The maximum atomic E-state index is 11.1. The van der Waals surface area contributed by atoms with Gasteiger partial charge in [0.05, 0.1) is 11.1 Å². The molecule has 6 heteroatoms. The number of aromatic amines is 1. The van der Waals surface area contributed by atoms with Crippen LogP contribution in [0.1, 0.15) is 10.4 Å². The largest absolute Gasteiger partial charge is 0.478 e. The van der Waals surface area contributed by atoms with Crippen molar-refractivity contribution < 1.29 is 14.3 Å². The third-order valence-corrected chi connectivity index (χ3v) is 3.60. The van der Waals surface area contributed by atoms with Crippen molar-refractivity contribution in [2.24, 2.45) is 0 Å². The zero-order valence-corrected chi connectivity index (χ0v) is 11.9. The maximum Gasteiger partial charge on any atom is 0.335 e. The molecule has 6 nitrogen and oxygen atoms in total. The summed E-state index contributed by atoms with van der Waals surface area (Å²) in [5.74, 6) is -0.324. The van der Waals surface area contributed by atoms with E-state index < -0.39 is 5.97 Å². The fourth-order valence-corrected chi connectivity index (χ4v) is 2.48. The number of para-hydroxylation sites is 1. The van der Waals surface area contributed by atoms with Crippen molar-refractivity contribution in [3.63, 3.8) is 0 Å². The van der Waals surface area contributed by atoms with Crippen LogP contribution in [0.4, 0.5) is 0 Å². The Balaban J connectivity index is 1.77. The standard InChI is InChI=1S/C17H11N3O3/c21-17(22)11-5-3-4-10(8-11)15-19-20-16(23-15)13-9-18-14-7-2-1-6-12(13)14/h1-9,18H,(H,21,22). The Morgan fingerprint density at radius 1 is 1.04 bits per heavy atom. The molecule has 0 spiro atoms. The number of nitrogens with zero attached hydrogens (tertiary/aromatic N) is 2. The second-order valence-electron chi connectivity index (χ2n) is 5.05. The van der Waals surface area contributed by atoms with E-state index in [1.54, 1.807) is 12.1 Å². The molecule has 0 aliphatic rings. The van der Waals surface area contributed by atoms with Gasteiger partial charge in [0, 0.05) is 22.7 Å². The number of fused-ring (bicyclic) bond motifs is 1. The van der Waals surface area contributed by atoms with Crippen molar-refractivity contribution in [1.82, 2.24) is 15.2 Å². The Morgan fingerprint density at radius 2 is 1.87 bits per heavy atom. The first kappa shape index (κ1) is 13.3. The SMILES string of the molecule is O=C(O)c1cccc(-c2nnc(-c3c[nH]c4ccccc34)o2)c1. The summed E-state index contributed by atoms with van der Waals surface area (Å²) in [6.45, 7) is 0. The minimum atomic E-state index is -0.997. The topological polar surface area (TPSA) is 92.0 Å². The number of rotatable bonds is 3. The van der Waals surface area contributed by atoms with E-state index in [1.807, 2.05) is 30.5 Å². The lowest BCUT2D eigenvalue weighted by Crippen LogP contribution is -1.95. The molecule has 0 amide bonds. The average Bonchev–Trinajstić information content (AvgIpc) is 3.21. The van der Waals surface area contributed by atoms with Crippen molar-refractivity contribution in [2.45, 2.75) is 0 Å². The van der Waals surface area contributed by atoms with Crippen LogP contribution < -0.4 is 0 Å². The van der Waals surface area contributed by atoms with E-state index in [2.05, 4.69) is 15.2 Å². The lowest BCUT2D eigenvalue weighted by Gasteiger charge is -1.97. The average molecular weight is 305 g/mol. The summed E-state index contributed by atoms with van der Waals surface area (Å²) in [7, 11) is 0. The lowest BCUT2D eigenvalue weighted by molar-refractivity contribution is 0.0697. The molecule has 0 fully saturated rings. The summed E-state index contributed by atoms with van der Waals surface area (Å²) >= 11 is 0. The van der Waals surface area contributed by atoms with Crippen molar-refractivity contribution in [1.29, 1.82) is 0 Å². The van der Waals surface area contributed by atoms with Crippen LogP contribution in [0.3, 0.4) is 0 Å². The van der Waals surface area contributed by atoms with Crippen LogP contribution in [-0.4, -0.2) is 26.3 Å². The normalized spacial score (nSPS) is 11.0. The summed E-state index contributed by atoms with van der Waals surface area (Å²) in [6, 6.07) is 14.2. The predicted molar refractivity (Wildman–Crippen MR) is 84.0 cm³/mol. The molecule has 0 saturated carbocycles. The fourth-order valence-electron chi connectivity index (χ4n) is 2.48. The van der Waals surface area contributed by atoms with Gasteiger partial charge in [0.15, 0.2) is 0 Å². The predicted octanol–water partition coefficient (Wildman–Crippen LogP) is 3.58. The van der Waals surface area contributed by atoms with Gasteiger partial charge in [-0.05, 0) is 24.3 Å². The van der Waals surface area contributed by atoms with E-state index in [4.69, 9.17) is 9.52 Å². The Kier molecular flexibility index (Phi) is 2.94. The van der Waals surface area contributed by atoms with E-state index in [-0.39, 0.29) is 11.5 Å². The van der Waals surface area contributed by atoms with Crippen molar-refractivity contribution in [2.75, 3.05) is 0 Å². The van der Waals surface area contributed by atoms with Gasteiger partial charge < -0.3 is 14.5 Å². The molecule has 112 valence electrons. The van der Waals surface area contributed by atoms with Crippen LogP contribution in [0.25, 0.3) is 33.8 Å². The minimum absolute atomic E-state index is 0.175. The van der Waals surface area contributed by atoms with Crippen LogP contribution in [0, 0.1) is 0 Å². The van der Waals surface area contributed by atoms with Crippen molar-refractivity contribution in [3.8, 4) is 22.9 Å². The van der Waals surface area contributed by atoms with Gasteiger partial charge in [-0.15, -0.1) is 10.2 Å². The van der Waals surface area contributed by atoms with Gasteiger partial charge in [-0.2, -0.15) is 0 Å². The summed E-state index contributed by atoms with van der Waals surface area (Å²) in [5.41, 5.74) is 2.54. The number of carboxylic acids is 1. The Labute approximate surface area is 130 Å². The van der Waals surface area contributed by atoms with Gasteiger partial charge in [0.25, 0.3) is 0 Å².